The van der Waals surface area contributed by atoms with Crippen LogP contribution in [0, 0.1) is 17.6 Å². The molecule has 0 radical (unpaired) electrons. The molecule has 1 fully saturated rings. The van der Waals surface area contributed by atoms with Gasteiger partial charge >= 0.3 is 0 Å². The Balaban J connectivity index is 1.96. The molecule has 2 N–H and O–H groups in total. The van der Waals surface area contributed by atoms with Crippen LogP contribution in [0.25, 0.3) is 0 Å². The predicted molar refractivity (Wildman–Crippen MR) is 58.5 cm³/mol. The Bertz CT molecular complexity index is 360. The molecule has 0 bridgehead atoms. The van der Waals surface area contributed by atoms with Gasteiger partial charge in [0.15, 0.2) is 11.6 Å². The van der Waals surface area contributed by atoms with E-state index in [2.05, 4.69) is 0 Å². The standard InChI is InChI=1S/C12H16F2N2/c13-11-2-1-10(8-12(11)14)7-9-3-5-16(15)6-4-9/h1-2,8-9H,3-7,15H2. The quantitative estimate of drug-likeness (QED) is 0.782. The maximum absolute atomic E-state index is 13.0. The molecule has 1 saturated heterocycles. The van der Waals surface area contributed by atoms with Crippen LogP contribution in [0.5, 0.6) is 0 Å². The lowest BCUT2D eigenvalue weighted by molar-refractivity contribution is 0.187. The molecule has 16 heavy (non-hydrogen) atoms. The highest BCUT2D eigenvalue weighted by molar-refractivity contribution is 5.18. The molecule has 1 aromatic carbocycles. The van der Waals surface area contributed by atoms with Crippen molar-refractivity contribution in [3.05, 3.63) is 35.4 Å². The van der Waals surface area contributed by atoms with Crippen molar-refractivity contribution in [3.8, 4) is 0 Å². The third-order valence-electron chi connectivity index (χ3n) is 3.16. The van der Waals surface area contributed by atoms with E-state index in [0.29, 0.717) is 5.92 Å². The molecule has 0 unspecified atom stereocenters. The van der Waals surface area contributed by atoms with E-state index in [9.17, 15) is 8.78 Å². The lowest BCUT2D eigenvalue weighted by atomic mass is 9.91. The number of benzene rings is 1. The maximum Gasteiger partial charge on any atom is 0.159 e. The second kappa shape index (κ2) is 4.89. The fraction of sp³-hybridized carbons (Fsp3) is 0.500. The number of nitrogens with zero attached hydrogens (tertiary/aromatic N) is 1. The predicted octanol–water partition coefficient (Wildman–Crippen LogP) is 2.09. The van der Waals surface area contributed by atoms with Crippen molar-refractivity contribution in [1.29, 1.82) is 0 Å². The second-order valence-electron chi connectivity index (χ2n) is 4.43. The molecule has 0 spiro atoms. The molecule has 0 aromatic heterocycles. The molecule has 2 nitrogen and oxygen atoms in total. The third kappa shape index (κ3) is 2.77. The van der Waals surface area contributed by atoms with Gasteiger partial charge in [-0.15, -0.1) is 0 Å². The van der Waals surface area contributed by atoms with Crippen LogP contribution >= 0.6 is 0 Å². The number of hydrazine groups is 1. The van der Waals surface area contributed by atoms with Gasteiger partial charge in [0.2, 0.25) is 0 Å². The third-order valence-corrected chi connectivity index (χ3v) is 3.16. The van der Waals surface area contributed by atoms with Crippen molar-refractivity contribution < 1.29 is 8.78 Å². The number of halogens is 2. The van der Waals surface area contributed by atoms with Crippen LogP contribution in [0.3, 0.4) is 0 Å². The SMILES string of the molecule is NN1CCC(Cc2ccc(F)c(F)c2)CC1. The summed E-state index contributed by atoms with van der Waals surface area (Å²) in [6.07, 6.45) is 2.86. The van der Waals surface area contributed by atoms with Gasteiger partial charge in [-0.25, -0.2) is 13.8 Å². The average Bonchev–Trinajstić information content (AvgIpc) is 2.27. The van der Waals surface area contributed by atoms with Crippen LogP contribution < -0.4 is 5.84 Å². The largest absolute Gasteiger partial charge is 0.269 e. The van der Waals surface area contributed by atoms with Crippen LogP contribution in [0.2, 0.25) is 0 Å². The van der Waals surface area contributed by atoms with Crippen molar-refractivity contribution in [2.24, 2.45) is 11.8 Å². The van der Waals surface area contributed by atoms with E-state index in [0.717, 1.165) is 37.9 Å². The summed E-state index contributed by atoms with van der Waals surface area (Å²) in [4.78, 5) is 0. The summed E-state index contributed by atoms with van der Waals surface area (Å²) in [6.45, 7) is 1.77. The minimum Gasteiger partial charge on any atom is -0.269 e. The van der Waals surface area contributed by atoms with E-state index < -0.39 is 11.6 Å². The van der Waals surface area contributed by atoms with Gasteiger partial charge in [0, 0.05) is 13.1 Å². The zero-order valence-electron chi connectivity index (χ0n) is 9.13. The number of nitrogens with two attached hydrogens (primary N) is 1. The summed E-state index contributed by atoms with van der Waals surface area (Å²) in [5, 5.41) is 1.81. The van der Waals surface area contributed by atoms with Crippen molar-refractivity contribution in [2.75, 3.05) is 13.1 Å². The molecule has 0 amide bonds. The van der Waals surface area contributed by atoms with Crippen LogP contribution in [-0.4, -0.2) is 18.1 Å². The van der Waals surface area contributed by atoms with Gasteiger partial charge in [0.1, 0.15) is 0 Å². The van der Waals surface area contributed by atoms with E-state index in [1.54, 1.807) is 6.07 Å². The summed E-state index contributed by atoms with van der Waals surface area (Å²) < 4.78 is 25.7. The Labute approximate surface area is 94.0 Å². The highest BCUT2D eigenvalue weighted by atomic mass is 19.2. The van der Waals surface area contributed by atoms with E-state index in [-0.39, 0.29) is 0 Å². The highest BCUT2D eigenvalue weighted by Gasteiger charge is 2.17. The molecule has 1 aliphatic rings. The summed E-state index contributed by atoms with van der Waals surface area (Å²) >= 11 is 0. The summed E-state index contributed by atoms with van der Waals surface area (Å²) in [6, 6.07) is 4.15. The Morgan fingerprint density at radius 2 is 1.88 bits per heavy atom. The first kappa shape index (κ1) is 11.5. The molecular formula is C12H16F2N2. The lowest BCUT2D eigenvalue weighted by Crippen LogP contribution is -2.39. The molecule has 4 heteroatoms. The molecule has 1 aliphatic heterocycles. The van der Waals surface area contributed by atoms with Crippen LogP contribution in [0.1, 0.15) is 18.4 Å². The lowest BCUT2D eigenvalue weighted by Gasteiger charge is -2.28. The summed E-state index contributed by atoms with van der Waals surface area (Å²) in [5.74, 6) is 4.66. The van der Waals surface area contributed by atoms with Crippen molar-refractivity contribution in [1.82, 2.24) is 5.01 Å². The Hall–Kier alpha value is -1.00. The minimum atomic E-state index is -0.777. The Kier molecular flexibility index (Phi) is 3.51. The number of hydrogen-bond acceptors (Lipinski definition) is 2. The number of rotatable bonds is 2. The van der Waals surface area contributed by atoms with E-state index in [1.807, 2.05) is 5.01 Å². The highest BCUT2D eigenvalue weighted by Crippen LogP contribution is 2.21. The van der Waals surface area contributed by atoms with Crippen molar-refractivity contribution >= 4 is 0 Å². The first-order valence-electron chi connectivity index (χ1n) is 5.58. The van der Waals surface area contributed by atoms with Crippen molar-refractivity contribution in [2.45, 2.75) is 19.3 Å². The van der Waals surface area contributed by atoms with Gasteiger partial charge in [-0.2, -0.15) is 0 Å². The van der Waals surface area contributed by atoms with Gasteiger partial charge in [0.25, 0.3) is 0 Å². The first-order valence-corrected chi connectivity index (χ1v) is 5.58. The number of piperidine rings is 1. The molecule has 2 rings (SSSR count). The van der Waals surface area contributed by atoms with Gasteiger partial charge in [0.05, 0.1) is 0 Å². The Morgan fingerprint density at radius 1 is 1.19 bits per heavy atom. The molecule has 0 atom stereocenters. The fourth-order valence-corrected chi connectivity index (χ4v) is 2.16. The van der Waals surface area contributed by atoms with Gasteiger partial charge in [-0.3, -0.25) is 5.84 Å². The van der Waals surface area contributed by atoms with Crippen molar-refractivity contribution in [3.63, 3.8) is 0 Å². The molecule has 1 aromatic rings. The van der Waals surface area contributed by atoms with E-state index >= 15 is 0 Å². The van der Waals surface area contributed by atoms with Crippen LogP contribution in [0.15, 0.2) is 18.2 Å². The Morgan fingerprint density at radius 3 is 2.50 bits per heavy atom. The van der Waals surface area contributed by atoms with E-state index in [1.165, 1.54) is 12.1 Å². The molecule has 88 valence electrons. The zero-order valence-corrected chi connectivity index (χ0v) is 9.13. The van der Waals surface area contributed by atoms with Gasteiger partial charge in [-0.05, 0) is 42.9 Å². The van der Waals surface area contributed by atoms with E-state index in [4.69, 9.17) is 5.84 Å². The zero-order chi connectivity index (χ0) is 11.5. The summed E-state index contributed by atoms with van der Waals surface area (Å²) in [5.41, 5.74) is 0.870. The van der Waals surface area contributed by atoms with Gasteiger partial charge < -0.3 is 0 Å². The smallest absolute Gasteiger partial charge is 0.159 e. The van der Waals surface area contributed by atoms with Crippen LogP contribution in [-0.2, 0) is 6.42 Å². The van der Waals surface area contributed by atoms with Crippen LogP contribution in [0.4, 0.5) is 8.78 Å². The summed E-state index contributed by atoms with van der Waals surface area (Å²) in [7, 11) is 0. The normalized spacial score (nSPS) is 18.9. The second-order valence-corrected chi connectivity index (χ2v) is 4.43. The molecule has 0 aliphatic carbocycles. The average molecular weight is 226 g/mol. The topological polar surface area (TPSA) is 29.3 Å². The van der Waals surface area contributed by atoms with Gasteiger partial charge in [-0.1, -0.05) is 6.07 Å². The first-order chi connectivity index (χ1) is 7.65. The monoisotopic (exact) mass is 226 g/mol. The molecular weight excluding hydrogens is 210 g/mol. The minimum absolute atomic E-state index is 0.532. The fourth-order valence-electron chi connectivity index (χ4n) is 2.16. The molecule has 0 saturated carbocycles. The maximum atomic E-state index is 13.0. The number of hydrogen-bond donors (Lipinski definition) is 1. The molecule has 1 heterocycles.